The van der Waals surface area contributed by atoms with E-state index in [1.165, 1.54) is 19.1 Å². The molecule has 5 aliphatic rings. The van der Waals surface area contributed by atoms with Crippen molar-refractivity contribution in [2.45, 2.75) is 107 Å². The fourth-order valence-electron chi connectivity index (χ4n) is 9.19. The summed E-state index contributed by atoms with van der Waals surface area (Å²) in [6, 6.07) is 6.30. The van der Waals surface area contributed by atoms with Crippen LogP contribution in [0, 0.1) is 22.7 Å². The largest absolute Gasteiger partial charge is 0.456 e. The van der Waals surface area contributed by atoms with Crippen LogP contribution in [0.25, 0.3) is 0 Å². The van der Waals surface area contributed by atoms with Crippen LogP contribution in [-0.2, 0) is 9.47 Å². The lowest BCUT2D eigenvalue weighted by atomic mass is 9.49. The molecule has 6 atom stereocenters. The SMILES string of the molecule is CC1(C)COC2(CCC3=C4C(CC[C@@]3(O)C2)C2CC[C@@](O)(C(F)(F)C(F)(F)F)[C@@]2(C)C[C@@H]4c2ccc(C(N)=O)cc2)OC1. The summed E-state index contributed by atoms with van der Waals surface area (Å²) in [5.41, 5.74) is 1.35. The molecule has 1 saturated heterocycles. The monoisotopic (exact) mass is 613 g/mol. The molecule has 11 heteroatoms. The van der Waals surface area contributed by atoms with Crippen molar-refractivity contribution in [3.05, 3.63) is 46.5 Å². The molecule has 1 heterocycles. The molecule has 2 unspecified atom stereocenters. The van der Waals surface area contributed by atoms with E-state index >= 15 is 8.78 Å². The molecular formula is C32H40F5NO5. The first-order valence-electron chi connectivity index (χ1n) is 15.1. The summed E-state index contributed by atoms with van der Waals surface area (Å²) in [5.74, 6) is -8.63. The van der Waals surface area contributed by atoms with Crippen molar-refractivity contribution in [1.29, 1.82) is 0 Å². The third-order valence-electron chi connectivity index (χ3n) is 11.5. The Morgan fingerprint density at radius 1 is 0.953 bits per heavy atom. The number of halogens is 5. The van der Waals surface area contributed by atoms with Gasteiger partial charge in [0.15, 0.2) is 5.79 Å². The fraction of sp³-hybridized carbons (Fsp3) is 0.719. The van der Waals surface area contributed by atoms with E-state index in [9.17, 15) is 28.2 Å². The van der Waals surface area contributed by atoms with Gasteiger partial charge in [-0.15, -0.1) is 0 Å². The van der Waals surface area contributed by atoms with Gasteiger partial charge in [-0.1, -0.05) is 38.5 Å². The van der Waals surface area contributed by atoms with Crippen molar-refractivity contribution in [3.8, 4) is 0 Å². The lowest BCUT2D eigenvalue weighted by Crippen LogP contribution is -2.65. The second kappa shape index (κ2) is 9.47. The van der Waals surface area contributed by atoms with Crippen molar-refractivity contribution in [3.63, 3.8) is 0 Å². The number of hydrogen-bond acceptors (Lipinski definition) is 5. The van der Waals surface area contributed by atoms with Crippen molar-refractivity contribution in [2.24, 2.45) is 28.4 Å². The van der Waals surface area contributed by atoms with Gasteiger partial charge in [0.25, 0.3) is 0 Å². The summed E-state index contributed by atoms with van der Waals surface area (Å²) in [7, 11) is 0. The Morgan fingerprint density at radius 2 is 1.58 bits per heavy atom. The highest BCUT2D eigenvalue weighted by atomic mass is 19.4. The first-order chi connectivity index (χ1) is 19.8. The lowest BCUT2D eigenvalue weighted by Gasteiger charge is -2.59. The number of hydrogen-bond donors (Lipinski definition) is 3. The highest BCUT2D eigenvalue weighted by Crippen LogP contribution is 2.71. The Bertz CT molecular complexity index is 1330. The number of ether oxygens (including phenoxy) is 2. The predicted octanol–water partition coefficient (Wildman–Crippen LogP) is 6.01. The first-order valence-corrected chi connectivity index (χ1v) is 15.1. The Kier molecular flexibility index (Phi) is 6.81. The maximum Gasteiger partial charge on any atom is 0.456 e. The molecule has 4 N–H and O–H groups in total. The van der Waals surface area contributed by atoms with Crippen molar-refractivity contribution >= 4 is 5.91 Å². The van der Waals surface area contributed by atoms with Gasteiger partial charge in [0.2, 0.25) is 5.91 Å². The van der Waals surface area contributed by atoms with Gasteiger partial charge in [0.05, 0.1) is 18.8 Å². The van der Waals surface area contributed by atoms with E-state index in [4.69, 9.17) is 15.2 Å². The zero-order valence-electron chi connectivity index (χ0n) is 24.7. The molecule has 1 aliphatic heterocycles. The molecular weight excluding hydrogens is 573 g/mol. The zero-order chi connectivity index (χ0) is 31.4. The quantitative estimate of drug-likeness (QED) is 0.287. The molecule has 238 valence electrons. The Hall–Kier alpha value is -2.08. The molecule has 0 radical (unpaired) electrons. The van der Waals surface area contributed by atoms with E-state index in [0.717, 1.165) is 11.1 Å². The molecule has 3 saturated carbocycles. The third kappa shape index (κ3) is 4.42. The number of nitrogens with two attached hydrogens (primary N) is 1. The standard InChI is InChI=1S/C32H40F5NO5/c1-26(2)16-42-29(43-17-26)12-9-23-24-20(8-11-28(23,40)15-29)22-10-13-30(41,31(33,34)32(35,36)37)27(22,3)14-21(24)18-4-6-19(7-5-18)25(38)39/h4-7,20-22,40-41H,8-17H2,1-3H3,(H2,38,39)/t20?,21-,22?,27+,28-,30+/m1/s1. The van der Waals surface area contributed by atoms with Crippen LogP contribution in [-0.4, -0.2) is 58.4 Å². The van der Waals surface area contributed by atoms with Gasteiger partial charge in [-0.3, -0.25) is 4.79 Å². The van der Waals surface area contributed by atoms with Crippen LogP contribution in [0.4, 0.5) is 22.0 Å². The molecule has 43 heavy (non-hydrogen) atoms. The summed E-state index contributed by atoms with van der Waals surface area (Å²) in [6.07, 6.45) is -5.03. The molecule has 1 aromatic rings. The van der Waals surface area contributed by atoms with Gasteiger partial charge in [-0.2, -0.15) is 22.0 Å². The van der Waals surface area contributed by atoms with Crippen LogP contribution in [0.1, 0.15) is 94.0 Å². The van der Waals surface area contributed by atoms with Crippen LogP contribution in [0.15, 0.2) is 35.4 Å². The van der Waals surface area contributed by atoms with E-state index in [2.05, 4.69) is 0 Å². The van der Waals surface area contributed by atoms with Crippen molar-refractivity contribution in [1.82, 2.24) is 0 Å². The van der Waals surface area contributed by atoms with Gasteiger partial charge in [0.1, 0.15) is 5.60 Å². The molecule has 1 spiro atoms. The summed E-state index contributed by atoms with van der Waals surface area (Å²) < 4.78 is 84.3. The minimum absolute atomic E-state index is 0.0110. The molecule has 4 fully saturated rings. The average molecular weight is 614 g/mol. The highest BCUT2D eigenvalue weighted by Gasteiger charge is 2.79. The minimum atomic E-state index is -5.92. The van der Waals surface area contributed by atoms with Crippen LogP contribution < -0.4 is 5.73 Å². The van der Waals surface area contributed by atoms with E-state index in [1.807, 2.05) is 13.8 Å². The summed E-state index contributed by atoms with van der Waals surface area (Å²) in [6.45, 7) is 6.39. The summed E-state index contributed by atoms with van der Waals surface area (Å²) >= 11 is 0. The fourth-order valence-corrected chi connectivity index (χ4v) is 9.19. The van der Waals surface area contributed by atoms with Crippen molar-refractivity contribution in [2.75, 3.05) is 13.2 Å². The Labute approximate surface area is 247 Å². The van der Waals surface area contributed by atoms with E-state index in [1.54, 1.807) is 12.1 Å². The van der Waals surface area contributed by atoms with Gasteiger partial charge < -0.3 is 25.4 Å². The minimum Gasteiger partial charge on any atom is -0.385 e. The maximum atomic E-state index is 15.2. The van der Waals surface area contributed by atoms with Crippen LogP contribution in [0.5, 0.6) is 0 Å². The van der Waals surface area contributed by atoms with Gasteiger partial charge in [-0.05, 0) is 73.6 Å². The Balaban J connectivity index is 1.46. The predicted molar refractivity (Wildman–Crippen MR) is 146 cm³/mol. The number of alkyl halides is 5. The molecule has 0 bridgehead atoms. The maximum absolute atomic E-state index is 15.2. The smallest absolute Gasteiger partial charge is 0.385 e. The topological polar surface area (TPSA) is 102 Å². The van der Waals surface area contributed by atoms with Crippen LogP contribution in [0.2, 0.25) is 0 Å². The lowest BCUT2D eigenvalue weighted by molar-refractivity contribution is -0.362. The number of benzene rings is 1. The second-order valence-electron chi connectivity index (χ2n) is 14.7. The van der Waals surface area contributed by atoms with Crippen LogP contribution in [0.3, 0.4) is 0 Å². The van der Waals surface area contributed by atoms with E-state index < -0.39 is 64.6 Å². The number of primary amides is 1. The number of amides is 1. The van der Waals surface area contributed by atoms with Gasteiger partial charge >= 0.3 is 12.1 Å². The highest BCUT2D eigenvalue weighted by molar-refractivity contribution is 5.92. The molecule has 6 nitrogen and oxygen atoms in total. The molecule has 0 aromatic heterocycles. The number of carbonyl (C=O) groups excluding carboxylic acids is 1. The van der Waals surface area contributed by atoms with E-state index in [-0.39, 0.29) is 36.7 Å². The zero-order valence-corrected chi connectivity index (χ0v) is 24.7. The van der Waals surface area contributed by atoms with Gasteiger partial charge in [-0.25, -0.2) is 0 Å². The average Bonchev–Trinajstić information content (AvgIpc) is 3.20. The Morgan fingerprint density at radius 3 is 2.16 bits per heavy atom. The summed E-state index contributed by atoms with van der Waals surface area (Å²) in [5, 5.41) is 23.6. The number of aliphatic hydroxyl groups is 2. The number of rotatable bonds is 3. The number of fused-ring (bicyclic) bond motifs is 4. The summed E-state index contributed by atoms with van der Waals surface area (Å²) in [4.78, 5) is 11.8. The second-order valence-corrected chi connectivity index (χ2v) is 14.7. The third-order valence-corrected chi connectivity index (χ3v) is 11.5. The van der Waals surface area contributed by atoms with Crippen molar-refractivity contribution < 1.29 is 46.4 Å². The number of carbonyl (C=O) groups is 1. The normalized spacial score (nSPS) is 38.8. The molecule has 1 aromatic carbocycles. The first kappa shape index (κ1) is 30.9. The van der Waals surface area contributed by atoms with Gasteiger partial charge in [0, 0.05) is 35.2 Å². The van der Waals surface area contributed by atoms with E-state index in [0.29, 0.717) is 38.0 Å². The molecule has 4 aliphatic carbocycles. The molecule has 1 amide bonds. The number of allylic oxidation sites excluding steroid dienone is 1. The van der Waals surface area contributed by atoms with Crippen LogP contribution >= 0.6 is 0 Å². The molecule has 6 rings (SSSR count).